The fourth-order valence-electron chi connectivity index (χ4n) is 1.84. The Morgan fingerprint density at radius 3 is 2.65 bits per heavy atom. The summed E-state index contributed by atoms with van der Waals surface area (Å²) in [5.41, 5.74) is 1.75. The number of rotatable bonds is 5. The topological polar surface area (TPSA) is 66.2 Å². The SMILES string of the molecule is CN(C)C(=O)COc1ccccc1/C=C(\C#N)c1ccccn1. The van der Waals surface area contributed by atoms with Gasteiger partial charge in [-0.25, -0.2) is 0 Å². The first kappa shape index (κ1) is 16.2. The average Bonchev–Trinajstić information content (AvgIpc) is 2.59. The van der Waals surface area contributed by atoms with E-state index in [1.165, 1.54) is 4.90 Å². The number of amides is 1. The van der Waals surface area contributed by atoms with Crippen LogP contribution in [0.4, 0.5) is 0 Å². The third kappa shape index (κ3) is 4.42. The first-order chi connectivity index (χ1) is 11.1. The highest BCUT2D eigenvalue weighted by atomic mass is 16.5. The molecule has 1 aromatic carbocycles. The normalized spacial score (nSPS) is 10.7. The maximum Gasteiger partial charge on any atom is 0.259 e. The molecule has 0 aliphatic heterocycles. The number of hydrogen-bond donors (Lipinski definition) is 0. The van der Waals surface area contributed by atoms with E-state index >= 15 is 0 Å². The summed E-state index contributed by atoms with van der Waals surface area (Å²) in [6.07, 6.45) is 3.34. The van der Waals surface area contributed by atoms with Crippen LogP contribution in [-0.4, -0.2) is 36.5 Å². The van der Waals surface area contributed by atoms with Crippen molar-refractivity contribution in [2.24, 2.45) is 0 Å². The maximum absolute atomic E-state index is 11.7. The predicted octanol–water partition coefficient (Wildman–Crippen LogP) is 2.61. The summed E-state index contributed by atoms with van der Waals surface area (Å²) in [4.78, 5) is 17.3. The molecule has 0 aliphatic carbocycles. The van der Waals surface area contributed by atoms with Gasteiger partial charge in [-0.1, -0.05) is 24.3 Å². The van der Waals surface area contributed by atoms with Crippen molar-refractivity contribution in [2.45, 2.75) is 0 Å². The van der Waals surface area contributed by atoms with E-state index in [2.05, 4.69) is 11.1 Å². The number of allylic oxidation sites excluding steroid dienone is 1. The van der Waals surface area contributed by atoms with Crippen molar-refractivity contribution in [3.8, 4) is 11.8 Å². The number of likely N-dealkylation sites (N-methyl/N-ethyl adjacent to an activating group) is 1. The highest BCUT2D eigenvalue weighted by Crippen LogP contribution is 2.23. The number of carbonyl (C=O) groups is 1. The van der Waals surface area contributed by atoms with Crippen LogP contribution in [0.15, 0.2) is 48.7 Å². The van der Waals surface area contributed by atoms with Crippen LogP contribution in [-0.2, 0) is 4.79 Å². The molecule has 116 valence electrons. The lowest BCUT2D eigenvalue weighted by Gasteiger charge is -2.13. The molecule has 0 saturated heterocycles. The molecule has 0 bridgehead atoms. The van der Waals surface area contributed by atoms with Gasteiger partial charge in [0.25, 0.3) is 5.91 Å². The minimum atomic E-state index is -0.131. The van der Waals surface area contributed by atoms with Gasteiger partial charge in [0.2, 0.25) is 0 Å². The number of nitriles is 1. The second-order valence-electron chi connectivity index (χ2n) is 5.00. The minimum Gasteiger partial charge on any atom is -0.483 e. The molecular formula is C18H17N3O2. The van der Waals surface area contributed by atoms with Gasteiger partial charge in [-0.05, 0) is 24.3 Å². The molecule has 2 rings (SSSR count). The number of pyridine rings is 1. The van der Waals surface area contributed by atoms with Crippen molar-refractivity contribution in [3.63, 3.8) is 0 Å². The van der Waals surface area contributed by atoms with E-state index in [1.54, 1.807) is 44.6 Å². The highest BCUT2D eigenvalue weighted by Gasteiger charge is 2.09. The zero-order chi connectivity index (χ0) is 16.7. The molecule has 0 aliphatic rings. The van der Waals surface area contributed by atoms with Crippen LogP contribution in [0.1, 0.15) is 11.3 Å². The molecule has 0 spiro atoms. The number of aromatic nitrogens is 1. The summed E-state index contributed by atoms with van der Waals surface area (Å²) < 4.78 is 5.58. The zero-order valence-corrected chi connectivity index (χ0v) is 13.1. The summed E-state index contributed by atoms with van der Waals surface area (Å²) in [5.74, 6) is 0.417. The first-order valence-electron chi connectivity index (χ1n) is 7.07. The Balaban J connectivity index is 2.28. The van der Waals surface area contributed by atoms with Gasteiger partial charge < -0.3 is 9.64 Å². The van der Waals surface area contributed by atoms with Gasteiger partial charge >= 0.3 is 0 Å². The molecule has 0 N–H and O–H groups in total. The minimum absolute atomic E-state index is 0.0523. The predicted molar refractivity (Wildman–Crippen MR) is 88.4 cm³/mol. The number of ether oxygens (including phenoxy) is 1. The number of hydrogen-bond acceptors (Lipinski definition) is 4. The van der Waals surface area contributed by atoms with E-state index in [9.17, 15) is 10.1 Å². The van der Waals surface area contributed by atoms with Gasteiger partial charge in [0.05, 0.1) is 11.3 Å². The standard InChI is InChI=1S/C18H17N3O2/c1-21(2)18(22)13-23-17-9-4-3-7-14(17)11-15(12-19)16-8-5-6-10-20-16/h3-11H,13H2,1-2H3/b15-11+. The molecule has 1 amide bonds. The molecule has 5 heteroatoms. The van der Waals surface area contributed by atoms with Gasteiger partial charge in [0.15, 0.2) is 6.61 Å². The summed E-state index contributed by atoms with van der Waals surface area (Å²) in [5, 5.41) is 9.36. The molecule has 5 nitrogen and oxygen atoms in total. The van der Waals surface area contributed by atoms with Crippen molar-refractivity contribution in [1.82, 2.24) is 9.88 Å². The highest BCUT2D eigenvalue weighted by molar-refractivity contribution is 5.89. The molecule has 0 radical (unpaired) electrons. The Bertz CT molecular complexity index is 746. The fourth-order valence-corrected chi connectivity index (χ4v) is 1.84. The third-order valence-corrected chi connectivity index (χ3v) is 3.13. The molecule has 0 fully saturated rings. The second-order valence-corrected chi connectivity index (χ2v) is 5.00. The number of nitrogens with zero attached hydrogens (tertiary/aromatic N) is 3. The van der Waals surface area contributed by atoms with Gasteiger partial charge in [-0.15, -0.1) is 0 Å². The van der Waals surface area contributed by atoms with Crippen LogP contribution in [0.25, 0.3) is 11.6 Å². The van der Waals surface area contributed by atoms with Crippen molar-refractivity contribution in [3.05, 3.63) is 59.9 Å². The number of carbonyl (C=O) groups excluding carboxylic acids is 1. The summed E-state index contributed by atoms with van der Waals surface area (Å²) in [6.45, 7) is -0.0523. The maximum atomic E-state index is 11.7. The second kappa shape index (κ2) is 7.76. The largest absolute Gasteiger partial charge is 0.483 e. The Morgan fingerprint density at radius 2 is 2.00 bits per heavy atom. The van der Waals surface area contributed by atoms with Crippen molar-refractivity contribution >= 4 is 17.6 Å². The Hall–Kier alpha value is -3.13. The van der Waals surface area contributed by atoms with Crippen LogP contribution in [0, 0.1) is 11.3 Å². The van der Waals surface area contributed by atoms with Crippen LogP contribution in [0.3, 0.4) is 0 Å². The van der Waals surface area contributed by atoms with Crippen molar-refractivity contribution in [2.75, 3.05) is 20.7 Å². The van der Waals surface area contributed by atoms with E-state index in [0.29, 0.717) is 17.0 Å². The molecule has 1 aromatic heterocycles. The molecular weight excluding hydrogens is 290 g/mol. The van der Waals surface area contributed by atoms with E-state index in [4.69, 9.17) is 4.74 Å². The third-order valence-electron chi connectivity index (χ3n) is 3.13. The molecule has 0 saturated carbocycles. The van der Waals surface area contributed by atoms with Gasteiger partial charge in [0.1, 0.15) is 11.8 Å². The Labute approximate surface area is 135 Å². The fraction of sp³-hybridized carbons (Fsp3) is 0.167. The molecule has 2 aromatic rings. The Kier molecular flexibility index (Phi) is 5.48. The van der Waals surface area contributed by atoms with E-state index < -0.39 is 0 Å². The van der Waals surface area contributed by atoms with E-state index in [1.807, 2.05) is 24.3 Å². The lowest BCUT2D eigenvalue weighted by molar-refractivity contribution is -0.130. The molecule has 23 heavy (non-hydrogen) atoms. The van der Waals surface area contributed by atoms with Gasteiger partial charge in [-0.2, -0.15) is 5.26 Å². The van der Waals surface area contributed by atoms with Crippen molar-refractivity contribution < 1.29 is 9.53 Å². The summed E-state index contributed by atoms with van der Waals surface area (Å²) >= 11 is 0. The molecule has 1 heterocycles. The van der Waals surface area contributed by atoms with Gasteiger partial charge in [-0.3, -0.25) is 9.78 Å². The van der Waals surface area contributed by atoms with Crippen LogP contribution >= 0.6 is 0 Å². The van der Waals surface area contributed by atoms with E-state index in [-0.39, 0.29) is 12.5 Å². The first-order valence-corrected chi connectivity index (χ1v) is 7.07. The van der Waals surface area contributed by atoms with Crippen LogP contribution in [0.5, 0.6) is 5.75 Å². The Morgan fingerprint density at radius 1 is 1.26 bits per heavy atom. The number of para-hydroxylation sites is 1. The lowest BCUT2D eigenvalue weighted by Crippen LogP contribution is -2.27. The molecule has 0 atom stereocenters. The van der Waals surface area contributed by atoms with Crippen LogP contribution < -0.4 is 4.74 Å². The number of benzene rings is 1. The molecule has 0 unspecified atom stereocenters. The monoisotopic (exact) mass is 307 g/mol. The summed E-state index contributed by atoms with van der Waals surface area (Å²) in [7, 11) is 3.35. The van der Waals surface area contributed by atoms with Crippen LogP contribution in [0.2, 0.25) is 0 Å². The summed E-state index contributed by atoms with van der Waals surface area (Å²) in [6, 6.07) is 14.8. The van der Waals surface area contributed by atoms with Gasteiger partial charge in [0, 0.05) is 25.9 Å². The quantitative estimate of drug-likeness (QED) is 0.796. The zero-order valence-electron chi connectivity index (χ0n) is 13.1. The lowest BCUT2D eigenvalue weighted by atomic mass is 10.1. The van der Waals surface area contributed by atoms with E-state index in [0.717, 1.165) is 5.56 Å². The smallest absolute Gasteiger partial charge is 0.259 e. The van der Waals surface area contributed by atoms with Crippen molar-refractivity contribution in [1.29, 1.82) is 5.26 Å². The average molecular weight is 307 g/mol.